The number of para-hydroxylation sites is 1. The lowest BCUT2D eigenvalue weighted by Crippen LogP contribution is -2.30. The van der Waals surface area contributed by atoms with E-state index in [-0.39, 0.29) is 24.3 Å². The lowest BCUT2D eigenvalue weighted by molar-refractivity contribution is -0.153. The first-order chi connectivity index (χ1) is 13.7. The summed E-state index contributed by atoms with van der Waals surface area (Å²) in [6, 6.07) is 12.7. The van der Waals surface area contributed by atoms with Crippen LogP contribution in [-0.4, -0.2) is 24.6 Å². The molecular formula is C23H28ClNO4. The third-order valence-corrected chi connectivity index (χ3v) is 4.66. The van der Waals surface area contributed by atoms with Crippen LogP contribution in [0.15, 0.2) is 42.5 Å². The Morgan fingerprint density at radius 2 is 1.55 bits per heavy atom. The van der Waals surface area contributed by atoms with E-state index >= 15 is 0 Å². The highest BCUT2D eigenvalue weighted by atomic mass is 35.5. The zero-order valence-corrected chi connectivity index (χ0v) is 18.2. The van der Waals surface area contributed by atoms with E-state index in [0.717, 1.165) is 16.8 Å². The molecule has 0 saturated carbocycles. The van der Waals surface area contributed by atoms with E-state index < -0.39 is 12.1 Å². The maximum atomic E-state index is 12.4. The van der Waals surface area contributed by atoms with Crippen LogP contribution in [0.25, 0.3) is 0 Å². The molecule has 0 aliphatic heterocycles. The number of amides is 1. The highest BCUT2D eigenvalue weighted by Crippen LogP contribution is 2.32. The second kappa shape index (κ2) is 10.3. The van der Waals surface area contributed by atoms with Gasteiger partial charge in [0.05, 0.1) is 0 Å². The molecule has 2 aromatic rings. The van der Waals surface area contributed by atoms with Crippen LogP contribution in [0.3, 0.4) is 0 Å². The minimum atomic E-state index is -0.865. The van der Waals surface area contributed by atoms with E-state index in [0.29, 0.717) is 10.8 Å². The van der Waals surface area contributed by atoms with Gasteiger partial charge in [0.15, 0.2) is 12.7 Å². The number of anilines is 1. The topological polar surface area (TPSA) is 64.6 Å². The van der Waals surface area contributed by atoms with Crippen molar-refractivity contribution in [2.45, 2.75) is 52.6 Å². The number of rotatable bonds is 8. The van der Waals surface area contributed by atoms with Crippen molar-refractivity contribution in [3.05, 3.63) is 58.6 Å². The van der Waals surface area contributed by atoms with E-state index in [9.17, 15) is 9.59 Å². The first-order valence-electron chi connectivity index (χ1n) is 9.70. The molecule has 0 bridgehead atoms. The van der Waals surface area contributed by atoms with Gasteiger partial charge in [0.1, 0.15) is 5.75 Å². The predicted octanol–water partition coefficient (Wildman–Crippen LogP) is 5.54. The van der Waals surface area contributed by atoms with Crippen molar-refractivity contribution < 1.29 is 19.1 Å². The summed E-state index contributed by atoms with van der Waals surface area (Å²) in [6.07, 6.45) is -0.865. The van der Waals surface area contributed by atoms with E-state index in [1.807, 2.05) is 18.2 Å². The largest absolute Gasteiger partial charge is 0.479 e. The van der Waals surface area contributed by atoms with E-state index in [1.165, 1.54) is 0 Å². The summed E-state index contributed by atoms with van der Waals surface area (Å²) in [4.78, 5) is 24.6. The van der Waals surface area contributed by atoms with Crippen molar-refractivity contribution in [1.82, 2.24) is 0 Å². The Bertz CT molecular complexity index is 837. The number of carbonyl (C=O) groups is 2. The van der Waals surface area contributed by atoms with Gasteiger partial charge in [0.25, 0.3) is 5.91 Å². The zero-order valence-electron chi connectivity index (χ0n) is 17.5. The van der Waals surface area contributed by atoms with Gasteiger partial charge in [-0.2, -0.15) is 0 Å². The fourth-order valence-electron chi connectivity index (χ4n) is 2.92. The van der Waals surface area contributed by atoms with Gasteiger partial charge in [-0.25, -0.2) is 4.79 Å². The van der Waals surface area contributed by atoms with Gasteiger partial charge in [-0.05, 0) is 48.1 Å². The zero-order chi connectivity index (χ0) is 21.6. The number of ether oxygens (including phenoxy) is 2. The van der Waals surface area contributed by atoms with Crippen LogP contribution in [0.4, 0.5) is 5.69 Å². The fraction of sp³-hybridized carbons (Fsp3) is 0.391. The fourth-order valence-corrected chi connectivity index (χ4v) is 3.10. The monoisotopic (exact) mass is 417 g/mol. The summed E-state index contributed by atoms with van der Waals surface area (Å²) in [5.74, 6) is -0.0566. The number of benzene rings is 2. The maximum absolute atomic E-state index is 12.4. The molecule has 1 atom stereocenters. The van der Waals surface area contributed by atoms with Crippen molar-refractivity contribution in [2.24, 2.45) is 0 Å². The third-order valence-electron chi connectivity index (χ3n) is 4.42. The molecule has 1 unspecified atom stereocenters. The number of halogens is 1. The Kier molecular flexibility index (Phi) is 8.09. The van der Waals surface area contributed by atoms with Gasteiger partial charge in [-0.1, -0.05) is 63.6 Å². The first-order valence-corrected chi connectivity index (χ1v) is 10.1. The minimum absolute atomic E-state index is 0.248. The van der Waals surface area contributed by atoms with E-state index in [2.05, 4.69) is 33.0 Å². The predicted molar refractivity (Wildman–Crippen MR) is 116 cm³/mol. The Morgan fingerprint density at radius 3 is 2.10 bits per heavy atom. The first kappa shape index (κ1) is 22.8. The second-order valence-corrected chi connectivity index (χ2v) is 7.93. The molecule has 0 saturated heterocycles. The number of carbonyl (C=O) groups excluding carboxylic acids is 2. The molecule has 0 aliphatic rings. The standard InChI is InChI=1S/C23H28ClNO4/c1-14(2)19-10-7-11-20(15(3)4)22(19)25-21(26)13-28-23(27)16(5)29-18-9-6-8-17(24)12-18/h6-12,14-16H,13H2,1-5H3,(H,25,26). The van der Waals surface area contributed by atoms with Gasteiger partial charge in [0, 0.05) is 10.7 Å². The number of hydrogen-bond donors (Lipinski definition) is 1. The number of esters is 1. The molecule has 1 amide bonds. The summed E-state index contributed by atoms with van der Waals surface area (Å²) < 4.78 is 10.6. The molecule has 2 rings (SSSR count). The summed E-state index contributed by atoms with van der Waals surface area (Å²) in [5, 5.41) is 3.43. The SMILES string of the molecule is CC(Oc1cccc(Cl)c1)C(=O)OCC(=O)Nc1c(C(C)C)cccc1C(C)C. The van der Waals surface area contributed by atoms with Crippen LogP contribution in [0, 0.1) is 0 Å². The maximum Gasteiger partial charge on any atom is 0.347 e. The number of nitrogens with one attached hydrogen (secondary N) is 1. The molecule has 0 spiro atoms. The van der Waals surface area contributed by atoms with Crippen molar-refractivity contribution in [2.75, 3.05) is 11.9 Å². The molecule has 0 fully saturated rings. The van der Waals surface area contributed by atoms with Crippen molar-refractivity contribution >= 4 is 29.2 Å². The van der Waals surface area contributed by atoms with Gasteiger partial charge in [0.2, 0.25) is 0 Å². The smallest absolute Gasteiger partial charge is 0.347 e. The molecule has 6 heteroatoms. The lowest BCUT2D eigenvalue weighted by Gasteiger charge is -2.20. The molecule has 2 aromatic carbocycles. The van der Waals surface area contributed by atoms with Crippen LogP contribution >= 0.6 is 11.6 Å². The second-order valence-electron chi connectivity index (χ2n) is 7.49. The molecule has 0 aliphatic carbocycles. The Hall–Kier alpha value is -2.53. The van der Waals surface area contributed by atoms with Gasteiger partial charge >= 0.3 is 5.97 Å². The molecular weight excluding hydrogens is 390 g/mol. The van der Waals surface area contributed by atoms with Gasteiger partial charge in [-0.3, -0.25) is 4.79 Å². The summed E-state index contributed by atoms with van der Waals surface area (Å²) >= 11 is 5.91. The highest BCUT2D eigenvalue weighted by molar-refractivity contribution is 6.30. The normalized spacial score (nSPS) is 12.0. The lowest BCUT2D eigenvalue weighted by atomic mass is 9.92. The van der Waals surface area contributed by atoms with Crippen LogP contribution in [0.5, 0.6) is 5.75 Å². The van der Waals surface area contributed by atoms with Crippen LogP contribution < -0.4 is 10.1 Å². The number of hydrogen-bond acceptors (Lipinski definition) is 4. The summed E-state index contributed by atoms with van der Waals surface area (Å²) in [6.45, 7) is 9.47. The van der Waals surface area contributed by atoms with Crippen molar-refractivity contribution in [3.8, 4) is 5.75 Å². The third kappa shape index (κ3) is 6.50. The van der Waals surface area contributed by atoms with Crippen LogP contribution in [0.2, 0.25) is 5.02 Å². The highest BCUT2D eigenvalue weighted by Gasteiger charge is 2.20. The van der Waals surface area contributed by atoms with Crippen molar-refractivity contribution in [1.29, 1.82) is 0 Å². The molecule has 0 aromatic heterocycles. The Balaban J connectivity index is 1.98. The van der Waals surface area contributed by atoms with Crippen LogP contribution in [0.1, 0.15) is 57.6 Å². The average Bonchev–Trinajstić information content (AvgIpc) is 2.65. The van der Waals surface area contributed by atoms with E-state index in [1.54, 1.807) is 31.2 Å². The molecule has 0 radical (unpaired) electrons. The molecule has 1 N–H and O–H groups in total. The van der Waals surface area contributed by atoms with Crippen LogP contribution in [-0.2, 0) is 14.3 Å². The molecule has 29 heavy (non-hydrogen) atoms. The van der Waals surface area contributed by atoms with E-state index in [4.69, 9.17) is 21.1 Å². The molecule has 5 nitrogen and oxygen atoms in total. The van der Waals surface area contributed by atoms with Crippen molar-refractivity contribution in [3.63, 3.8) is 0 Å². The average molecular weight is 418 g/mol. The Labute approximate surface area is 177 Å². The Morgan fingerprint density at radius 1 is 0.966 bits per heavy atom. The minimum Gasteiger partial charge on any atom is -0.479 e. The quantitative estimate of drug-likeness (QED) is 0.573. The molecule has 156 valence electrons. The molecule has 0 heterocycles. The summed E-state index contributed by atoms with van der Waals surface area (Å²) in [5.41, 5.74) is 2.89. The summed E-state index contributed by atoms with van der Waals surface area (Å²) in [7, 11) is 0. The van der Waals surface area contributed by atoms with Gasteiger partial charge < -0.3 is 14.8 Å². The van der Waals surface area contributed by atoms with Gasteiger partial charge in [-0.15, -0.1) is 0 Å².